The molecular weight excluding hydrogens is 344 g/mol. The summed E-state index contributed by atoms with van der Waals surface area (Å²) in [5, 5.41) is 16.3. The quantitative estimate of drug-likeness (QED) is 0.640. The summed E-state index contributed by atoms with van der Waals surface area (Å²) in [5.74, 6) is 0. The van der Waals surface area contributed by atoms with E-state index in [1.165, 1.54) is 25.0 Å². The van der Waals surface area contributed by atoms with E-state index >= 15 is 0 Å². The topological polar surface area (TPSA) is 110 Å². The Labute approximate surface area is 147 Å². The van der Waals surface area contributed by atoms with Gasteiger partial charge in [0.15, 0.2) is 0 Å². The van der Waals surface area contributed by atoms with Crippen molar-refractivity contribution in [2.45, 2.75) is 49.6 Å². The van der Waals surface area contributed by atoms with E-state index in [0.717, 1.165) is 38.5 Å². The minimum Gasteiger partial charge on any atom is -0.371 e. The second kappa shape index (κ2) is 6.89. The van der Waals surface area contributed by atoms with Crippen molar-refractivity contribution >= 4 is 21.4 Å². The van der Waals surface area contributed by atoms with Crippen molar-refractivity contribution in [1.29, 1.82) is 0 Å². The standard InChI is InChI=1S/C16H24N4O4S/c1-12-3-2-6-19(12)13-4-7-18(8-5-13)14-9-15(20(21)22)11-16(10-14)25(17,23)24/h9-13H,2-8H2,1H3,(H2,17,23,24). The third-order valence-corrected chi connectivity index (χ3v) is 6.21. The first-order valence-electron chi connectivity index (χ1n) is 8.58. The molecule has 2 aliphatic heterocycles. The van der Waals surface area contributed by atoms with Gasteiger partial charge in [0, 0.05) is 43.0 Å². The number of piperidine rings is 1. The summed E-state index contributed by atoms with van der Waals surface area (Å²) in [4.78, 5) is 14.9. The van der Waals surface area contributed by atoms with Crippen LogP contribution >= 0.6 is 0 Å². The molecule has 0 amide bonds. The van der Waals surface area contributed by atoms with Gasteiger partial charge in [-0.05, 0) is 45.2 Å². The van der Waals surface area contributed by atoms with Crippen LogP contribution in [0.2, 0.25) is 0 Å². The van der Waals surface area contributed by atoms with Gasteiger partial charge in [0.2, 0.25) is 10.0 Å². The van der Waals surface area contributed by atoms with Crippen molar-refractivity contribution in [1.82, 2.24) is 4.90 Å². The lowest BCUT2D eigenvalue weighted by molar-refractivity contribution is -0.385. The van der Waals surface area contributed by atoms with Gasteiger partial charge in [-0.15, -0.1) is 0 Å². The van der Waals surface area contributed by atoms with Gasteiger partial charge >= 0.3 is 0 Å². The average Bonchev–Trinajstić information content (AvgIpc) is 3.00. The smallest absolute Gasteiger partial charge is 0.272 e. The van der Waals surface area contributed by atoms with Crippen molar-refractivity contribution in [3.05, 3.63) is 28.3 Å². The number of hydrogen-bond donors (Lipinski definition) is 1. The normalized spacial score (nSPS) is 23.1. The molecule has 1 unspecified atom stereocenters. The molecule has 1 aromatic carbocycles. The Morgan fingerprint density at radius 2 is 1.84 bits per heavy atom. The maximum atomic E-state index is 11.6. The van der Waals surface area contributed by atoms with E-state index in [0.29, 0.717) is 17.8 Å². The van der Waals surface area contributed by atoms with Gasteiger partial charge in [-0.3, -0.25) is 15.0 Å². The van der Waals surface area contributed by atoms with Gasteiger partial charge < -0.3 is 4.90 Å². The van der Waals surface area contributed by atoms with Crippen molar-refractivity contribution in [3.8, 4) is 0 Å². The molecule has 0 aliphatic carbocycles. The Balaban J connectivity index is 1.78. The predicted molar refractivity (Wildman–Crippen MR) is 95.1 cm³/mol. The van der Waals surface area contributed by atoms with Crippen LogP contribution < -0.4 is 10.0 Å². The van der Waals surface area contributed by atoms with E-state index in [-0.39, 0.29) is 10.6 Å². The summed E-state index contributed by atoms with van der Waals surface area (Å²) in [5.41, 5.74) is 0.294. The summed E-state index contributed by atoms with van der Waals surface area (Å²) in [7, 11) is -3.99. The minimum atomic E-state index is -3.99. The summed E-state index contributed by atoms with van der Waals surface area (Å²) in [6.45, 7) is 4.90. The van der Waals surface area contributed by atoms with Crippen LogP contribution in [0.1, 0.15) is 32.6 Å². The molecule has 0 radical (unpaired) electrons. The number of rotatable bonds is 4. The monoisotopic (exact) mass is 368 g/mol. The molecule has 0 bridgehead atoms. The predicted octanol–water partition coefficient (Wildman–Crippen LogP) is 1.70. The molecular formula is C16H24N4O4S. The number of nitrogens with zero attached hydrogens (tertiary/aromatic N) is 3. The Kier molecular flexibility index (Phi) is 4.99. The van der Waals surface area contributed by atoms with E-state index in [2.05, 4.69) is 11.8 Å². The van der Waals surface area contributed by atoms with Crippen LogP contribution in [0.3, 0.4) is 0 Å². The van der Waals surface area contributed by atoms with Crippen molar-refractivity contribution in [2.75, 3.05) is 24.5 Å². The first-order chi connectivity index (χ1) is 11.8. The van der Waals surface area contributed by atoms with Crippen LogP contribution in [-0.4, -0.2) is 50.0 Å². The zero-order chi connectivity index (χ0) is 18.2. The number of non-ortho nitro benzene ring substituents is 1. The molecule has 0 aromatic heterocycles. The molecule has 2 saturated heterocycles. The summed E-state index contributed by atoms with van der Waals surface area (Å²) in [6, 6.07) is 5.01. The van der Waals surface area contributed by atoms with Crippen LogP contribution in [0.5, 0.6) is 0 Å². The second-order valence-electron chi connectivity index (χ2n) is 6.93. The maximum absolute atomic E-state index is 11.6. The summed E-state index contributed by atoms with van der Waals surface area (Å²) < 4.78 is 23.3. The molecule has 9 heteroatoms. The molecule has 0 saturated carbocycles. The van der Waals surface area contributed by atoms with Crippen LogP contribution in [-0.2, 0) is 10.0 Å². The molecule has 1 atom stereocenters. The third kappa shape index (κ3) is 3.94. The van der Waals surface area contributed by atoms with Gasteiger partial charge in [0.05, 0.1) is 9.82 Å². The lowest BCUT2D eigenvalue weighted by atomic mass is 10.0. The van der Waals surface area contributed by atoms with Crippen LogP contribution in [0.25, 0.3) is 0 Å². The first-order valence-corrected chi connectivity index (χ1v) is 10.1. The third-order valence-electron chi connectivity index (χ3n) is 5.32. The van der Waals surface area contributed by atoms with Gasteiger partial charge in [-0.25, -0.2) is 13.6 Å². The number of sulfonamides is 1. The van der Waals surface area contributed by atoms with Crippen molar-refractivity contribution in [3.63, 3.8) is 0 Å². The maximum Gasteiger partial charge on any atom is 0.272 e. The average molecular weight is 368 g/mol. The van der Waals surface area contributed by atoms with Gasteiger partial charge in [-0.2, -0.15) is 0 Å². The molecule has 2 N–H and O–H groups in total. The molecule has 2 aliphatic rings. The van der Waals surface area contributed by atoms with Gasteiger partial charge in [0.25, 0.3) is 5.69 Å². The summed E-state index contributed by atoms with van der Waals surface area (Å²) in [6.07, 6.45) is 4.42. The van der Waals surface area contributed by atoms with Crippen LogP contribution in [0.4, 0.5) is 11.4 Å². The van der Waals surface area contributed by atoms with Crippen molar-refractivity contribution in [2.24, 2.45) is 5.14 Å². The number of nitro benzene ring substituents is 1. The van der Waals surface area contributed by atoms with E-state index in [4.69, 9.17) is 5.14 Å². The molecule has 1 aromatic rings. The Morgan fingerprint density at radius 1 is 1.16 bits per heavy atom. The highest BCUT2D eigenvalue weighted by Crippen LogP contribution is 2.31. The van der Waals surface area contributed by atoms with Gasteiger partial charge in [-0.1, -0.05) is 0 Å². The van der Waals surface area contributed by atoms with Crippen LogP contribution in [0.15, 0.2) is 23.1 Å². The lowest BCUT2D eigenvalue weighted by Crippen LogP contribution is -2.46. The zero-order valence-corrected chi connectivity index (χ0v) is 15.1. The summed E-state index contributed by atoms with van der Waals surface area (Å²) >= 11 is 0. The number of hydrogen-bond acceptors (Lipinski definition) is 6. The number of nitrogens with two attached hydrogens (primary N) is 1. The number of nitro groups is 1. The Bertz CT molecular complexity index is 759. The fourth-order valence-corrected chi connectivity index (χ4v) is 4.54. The minimum absolute atomic E-state index is 0.216. The second-order valence-corrected chi connectivity index (χ2v) is 8.50. The van der Waals surface area contributed by atoms with E-state index in [1.807, 2.05) is 4.90 Å². The Morgan fingerprint density at radius 3 is 2.36 bits per heavy atom. The highest BCUT2D eigenvalue weighted by atomic mass is 32.2. The largest absolute Gasteiger partial charge is 0.371 e. The lowest BCUT2D eigenvalue weighted by Gasteiger charge is -2.39. The van der Waals surface area contributed by atoms with Crippen LogP contribution in [0, 0.1) is 10.1 Å². The highest BCUT2D eigenvalue weighted by Gasteiger charge is 2.31. The molecule has 8 nitrogen and oxygen atoms in total. The molecule has 2 heterocycles. The molecule has 0 spiro atoms. The number of primary sulfonamides is 1. The van der Waals surface area contributed by atoms with E-state index < -0.39 is 14.9 Å². The SMILES string of the molecule is CC1CCCN1C1CCN(c2cc([N+](=O)[O-])cc(S(N)(=O)=O)c2)CC1. The number of benzene rings is 1. The molecule has 25 heavy (non-hydrogen) atoms. The molecule has 2 fully saturated rings. The van der Waals surface area contributed by atoms with E-state index in [9.17, 15) is 18.5 Å². The molecule has 3 rings (SSSR count). The Hall–Kier alpha value is -1.71. The molecule has 138 valence electrons. The fraction of sp³-hybridized carbons (Fsp3) is 0.625. The van der Waals surface area contributed by atoms with E-state index in [1.54, 1.807) is 0 Å². The highest BCUT2D eigenvalue weighted by molar-refractivity contribution is 7.89. The van der Waals surface area contributed by atoms with Gasteiger partial charge in [0.1, 0.15) is 0 Å². The number of anilines is 1. The fourth-order valence-electron chi connectivity index (χ4n) is 3.97. The first kappa shape index (κ1) is 18.1. The zero-order valence-electron chi connectivity index (χ0n) is 14.3. The van der Waals surface area contributed by atoms with Crippen molar-refractivity contribution < 1.29 is 13.3 Å². The number of likely N-dealkylation sites (tertiary alicyclic amines) is 1.